The van der Waals surface area contributed by atoms with Crippen LogP contribution in [0.4, 0.5) is 5.69 Å². The Kier molecular flexibility index (Phi) is 14.4. The molecule has 0 fully saturated rings. The van der Waals surface area contributed by atoms with Crippen LogP contribution in [0.5, 0.6) is 23.0 Å². The van der Waals surface area contributed by atoms with Gasteiger partial charge in [-0.15, -0.1) is 0 Å². The Hall–Kier alpha value is -5.84. The highest BCUT2D eigenvalue weighted by Gasteiger charge is 2.22. The standard InChI is InChI=1S/C40H44N2O9/c1-4-5-6-7-8-23-50-32-20-13-29(14-21-32)40(47)51-33-18-9-27(10-19-33)24-35(39(45)46)42-38(44)28-11-16-31(17-12-28)41-37(43)25-30-15-22-34(48-2)26-36(30)49-3/h9-22,26,35H,4-8,23-25H2,1-3H3,(H,41,43)(H,42,44)(H,45,46)/t35-/m0/s1. The van der Waals surface area contributed by atoms with Crippen molar-refractivity contribution in [3.05, 3.63) is 113 Å². The molecule has 0 aliphatic carbocycles. The van der Waals surface area contributed by atoms with E-state index in [1.165, 1.54) is 38.5 Å². The smallest absolute Gasteiger partial charge is 0.343 e. The number of ether oxygens (including phenoxy) is 4. The molecule has 0 bridgehead atoms. The van der Waals surface area contributed by atoms with Crippen molar-refractivity contribution in [2.75, 3.05) is 26.1 Å². The zero-order valence-electron chi connectivity index (χ0n) is 29.1. The molecule has 11 nitrogen and oxygen atoms in total. The van der Waals surface area contributed by atoms with E-state index in [0.717, 1.165) is 12.8 Å². The number of anilines is 1. The molecule has 51 heavy (non-hydrogen) atoms. The van der Waals surface area contributed by atoms with Gasteiger partial charge in [0, 0.05) is 29.3 Å². The van der Waals surface area contributed by atoms with E-state index in [-0.39, 0.29) is 24.3 Å². The summed E-state index contributed by atoms with van der Waals surface area (Å²) in [7, 11) is 3.06. The van der Waals surface area contributed by atoms with Gasteiger partial charge < -0.3 is 34.7 Å². The number of carbonyl (C=O) groups excluding carboxylic acids is 3. The molecule has 0 heterocycles. The molecule has 4 aromatic rings. The first-order chi connectivity index (χ1) is 24.7. The third-order valence-electron chi connectivity index (χ3n) is 8.06. The van der Waals surface area contributed by atoms with Gasteiger partial charge in [0.25, 0.3) is 5.91 Å². The minimum Gasteiger partial charge on any atom is -0.497 e. The summed E-state index contributed by atoms with van der Waals surface area (Å²) >= 11 is 0. The van der Waals surface area contributed by atoms with E-state index in [9.17, 15) is 24.3 Å². The van der Waals surface area contributed by atoms with Crippen LogP contribution in [0.2, 0.25) is 0 Å². The monoisotopic (exact) mass is 696 g/mol. The lowest BCUT2D eigenvalue weighted by molar-refractivity contribution is -0.139. The number of nitrogens with one attached hydrogen (secondary N) is 2. The van der Waals surface area contributed by atoms with Gasteiger partial charge in [-0.05, 0) is 78.7 Å². The van der Waals surface area contributed by atoms with Gasteiger partial charge in [0.15, 0.2) is 0 Å². The average Bonchev–Trinajstić information content (AvgIpc) is 3.14. The summed E-state index contributed by atoms with van der Waals surface area (Å²) in [5.74, 6) is -0.498. The van der Waals surface area contributed by atoms with Crippen molar-refractivity contribution in [3.63, 3.8) is 0 Å². The van der Waals surface area contributed by atoms with Gasteiger partial charge in [-0.3, -0.25) is 9.59 Å². The molecule has 2 amide bonds. The highest BCUT2D eigenvalue weighted by Crippen LogP contribution is 2.25. The molecule has 0 spiro atoms. The zero-order chi connectivity index (χ0) is 36.6. The fraction of sp³-hybridized carbons (Fsp3) is 0.300. The number of unbranched alkanes of at least 4 members (excludes halogenated alkanes) is 4. The number of benzene rings is 4. The van der Waals surface area contributed by atoms with Crippen LogP contribution in [-0.2, 0) is 22.4 Å². The van der Waals surface area contributed by atoms with E-state index in [4.69, 9.17) is 18.9 Å². The predicted octanol–water partition coefficient (Wildman–Crippen LogP) is 6.88. The topological polar surface area (TPSA) is 149 Å². The van der Waals surface area contributed by atoms with E-state index in [1.807, 2.05) is 0 Å². The average molecular weight is 697 g/mol. The molecule has 11 heteroatoms. The van der Waals surface area contributed by atoms with Crippen molar-refractivity contribution in [1.82, 2.24) is 5.32 Å². The highest BCUT2D eigenvalue weighted by molar-refractivity contribution is 5.98. The number of carbonyl (C=O) groups is 4. The second kappa shape index (κ2) is 19.4. The first kappa shape index (κ1) is 38.0. The van der Waals surface area contributed by atoms with E-state index in [2.05, 4.69) is 17.6 Å². The minimum atomic E-state index is -1.22. The van der Waals surface area contributed by atoms with Crippen LogP contribution in [0, 0.1) is 0 Å². The van der Waals surface area contributed by atoms with Gasteiger partial charge in [0.2, 0.25) is 5.91 Å². The molecule has 0 aliphatic rings. The van der Waals surface area contributed by atoms with E-state index >= 15 is 0 Å². The van der Waals surface area contributed by atoms with Crippen molar-refractivity contribution in [2.45, 2.75) is 57.9 Å². The molecule has 3 N–H and O–H groups in total. The number of methoxy groups -OCH3 is 2. The van der Waals surface area contributed by atoms with E-state index in [0.29, 0.717) is 52.0 Å². The predicted molar refractivity (Wildman–Crippen MR) is 193 cm³/mol. The second-order valence-corrected chi connectivity index (χ2v) is 11.9. The lowest BCUT2D eigenvalue weighted by Gasteiger charge is -2.15. The third-order valence-corrected chi connectivity index (χ3v) is 8.06. The van der Waals surface area contributed by atoms with Crippen LogP contribution < -0.4 is 29.6 Å². The summed E-state index contributed by atoms with van der Waals surface area (Å²) in [6.45, 7) is 2.81. The maximum Gasteiger partial charge on any atom is 0.343 e. The summed E-state index contributed by atoms with van der Waals surface area (Å²) in [6, 6.07) is 23.3. The molecule has 4 aromatic carbocycles. The maximum atomic E-state index is 12.9. The lowest BCUT2D eigenvalue weighted by atomic mass is 10.0. The summed E-state index contributed by atoms with van der Waals surface area (Å²) in [5.41, 5.74) is 2.35. The number of hydrogen-bond donors (Lipinski definition) is 3. The first-order valence-corrected chi connectivity index (χ1v) is 16.9. The number of hydrogen-bond acceptors (Lipinski definition) is 8. The van der Waals surface area contributed by atoms with Crippen molar-refractivity contribution in [1.29, 1.82) is 0 Å². The molecule has 1 atom stereocenters. The van der Waals surface area contributed by atoms with Crippen LogP contribution in [0.25, 0.3) is 0 Å². The molecule has 0 unspecified atom stereocenters. The maximum absolute atomic E-state index is 12.9. The Labute approximate surface area is 297 Å². The minimum absolute atomic E-state index is 0.00166. The lowest BCUT2D eigenvalue weighted by Crippen LogP contribution is -2.42. The van der Waals surface area contributed by atoms with Gasteiger partial charge in [-0.25, -0.2) is 9.59 Å². The van der Waals surface area contributed by atoms with Crippen molar-refractivity contribution < 1.29 is 43.2 Å². The van der Waals surface area contributed by atoms with Crippen molar-refractivity contribution >= 4 is 29.4 Å². The Morgan fingerprint density at radius 3 is 2.02 bits per heavy atom. The fourth-order valence-corrected chi connectivity index (χ4v) is 5.20. The Morgan fingerprint density at radius 1 is 0.725 bits per heavy atom. The second-order valence-electron chi connectivity index (χ2n) is 11.9. The quantitative estimate of drug-likeness (QED) is 0.0542. The highest BCUT2D eigenvalue weighted by atomic mass is 16.5. The molecule has 0 saturated carbocycles. The fourth-order valence-electron chi connectivity index (χ4n) is 5.20. The number of carboxylic acids is 1. The molecular formula is C40H44N2O9. The van der Waals surface area contributed by atoms with E-state index in [1.54, 1.807) is 86.0 Å². The van der Waals surface area contributed by atoms with Crippen LogP contribution in [-0.4, -0.2) is 55.7 Å². The van der Waals surface area contributed by atoms with Gasteiger partial charge in [-0.1, -0.05) is 50.8 Å². The number of amides is 2. The molecule has 0 aliphatic heterocycles. The van der Waals surface area contributed by atoms with Gasteiger partial charge >= 0.3 is 11.9 Å². The normalized spacial score (nSPS) is 11.2. The molecule has 0 saturated heterocycles. The van der Waals surface area contributed by atoms with Crippen LogP contribution in [0.1, 0.15) is 70.9 Å². The Bertz CT molecular complexity index is 1750. The Balaban J connectivity index is 1.25. The largest absolute Gasteiger partial charge is 0.497 e. The number of rotatable bonds is 19. The molecule has 4 rings (SSSR count). The van der Waals surface area contributed by atoms with Gasteiger partial charge in [-0.2, -0.15) is 0 Å². The van der Waals surface area contributed by atoms with Crippen LogP contribution >= 0.6 is 0 Å². The molecule has 0 radical (unpaired) electrons. The first-order valence-electron chi connectivity index (χ1n) is 16.9. The number of esters is 1. The van der Waals surface area contributed by atoms with Gasteiger partial charge in [0.1, 0.15) is 29.0 Å². The van der Waals surface area contributed by atoms with E-state index < -0.39 is 23.9 Å². The van der Waals surface area contributed by atoms with Crippen LogP contribution in [0.3, 0.4) is 0 Å². The van der Waals surface area contributed by atoms with Crippen molar-refractivity contribution in [2.24, 2.45) is 0 Å². The summed E-state index contributed by atoms with van der Waals surface area (Å²) in [6.07, 6.45) is 5.80. The van der Waals surface area contributed by atoms with Gasteiger partial charge in [0.05, 0.1) is 32.8 Å². The number of carboxylic acid groups (broad SMARTS) is 1. The van der Waals surface area contributed by atoms with Crippen LogP contribution in [0.15, 0.2) is 91.0 Å². The van der Waals surface area contributed by atoms with Crippen molar-refractivity contribution in [3.8, 4) is 23.0 Å². The summed E-state index contributed by atoms with van der Waals surface area (Å²) < 4.78 is 21.8. The molecule has 0 aromatic heterocycles. The molecular weight excluding hydrogens is 652 g/mol. The SMILES string of the molecule is CCCCCCCOc1ccc(C(=O)Oc2ccc(C[C@H](NC(=O)c3ccc(NC(=O)Cc4ccc(OC)cc4OC)cc3)C(=O)O)cc2)cc1. The zero-order valence-corrected chi connectivity index (χ0v) is 29.1. The summed E-state index contributed by atoms with van der Waals surface area (Å²) in [5, 5.41) is 15.1. The third kappa shape index (κ3) is 11.9. The molecule has 268 valence electrons. The number of aliphatic carboxylic acids is 1. The summed E-state index contributed by atoms with van der Waals surface area (Å²) in [4.78, 5) is 50.3. The Morgan fingerprint density at radius 2 is 1.37 bits per heavy atom.